The summed E-state index contributed by atoms with van der Waals surface area (Å²) in [5.74, 6) is -0.265. The van der Waals surface area contributed by atoms with Gasteiger partial charge in [-0.05, 0) is 35.4 Å². The topological polar surface area (TPSA) is 26.3 Å². The summed E-state index contributed by atoms with van der Waals surface area (Å²) >= 11 is 3.43. The van der Waals surface area contributed by atoms with Crippen LogP contribution in [-0.2, 0) is 10.1 Å². The van der Waals surface area contributed by atoms with Crippen molar-refractivity contribution in [3.8, 4) is 0 Å². The van der Waals surface area contributed by atoms with E-state index in [1.807, 2.05) is 24.3 Å². The second-order valence-electron chi connectivity index (χ2n) is 3.75. The summed E-state index contributed by atoms with van der Waals surface area (Å²) in [6, 6.07) is 11.8. The van der Waals surface area contributed by atoms with Crippen LogP contribution in [0.4, 0.5) is 0 Å². The predicted molar refractivity (Wildman–Crippen MR) is 72.5 cm³/mol. The molecule has 2 rings (SSSR count). The van der Waals surface area contributed by atoms with Crippen molar-refractivity contribution in [2.24, 2.45) is 0 Å². The minimum absolute atomic E-state index is 0.265. The van der Waals surface area contributed by atoms with Crippen molar-refractivity contribution in [1.82, 2.24) is 0 Å². The molecule has 2 aromatic rings. The van der Waals surface area contributed by atoms with Gasteiger partial charge in [0.05, 0.1) is 12.2 Å². The molecule has 2 aromatic carbocycles. The van der Waals surface area contributed by atoms with Crippen molar-refractivity contribution >= 4 is 32.7 Å². The third-order valence-electron chi connectivity index (χ3n) is 2.57. The molecule has 0 N–H and O–H groups in total. The second kappa shape index (κ2) is 5.32. The largest absolute Gasteiger partial charge is 0.462 e. The number of carbonyl (C=O) groups excluding carboxylic acids is 1. The molecule has 0 aliphatic carbocycles. The first-order valence-corrected chi connectivity index (χ1v) is 6.62. The zero-order valence-corrected chi connectivity index (χ0v) is 11.2. The molecule has 0 aliphatic heterocycles. The first kappa shape index (κ1) is 12.1. The maximum atomic E-state index is 11.6. The van der Waals surface area contributed by atoms with E-state index in [9.17, 15) is 4.79 Å². The quantitative estimate of drug-likeness (QED) is 0.633. The second-order valence-corrected chi connectivity index (χ2v) is 4.31. The molecule has 0 unspecified atom stereocenters. The Balaban J connectivity index is 2.41. The molecule has 0 heterocycles. The van der Waals surface area contributed by atoms with E-state index in [-0.39, 0.29) is 5.97 Å². The number of fused-ring (bicyclic) bond motifs is 1. The van der Waals surface area contributed by atoms with E-state index in [1.54, 1.807) is 13.0 Å². The normalized spacial score (nSPS) is 10.5. The Morgan fingerprint density at radius 3 is 2.59 bits per heavy atom. The minimum atomic E-state index is -0.265. The monoisotopic (exact) mass is 292 g/mol. The molecule has 0 amide bonds. The van der Waals surface area contributed by atoms with Gasteiger partial charge in [0.1, 0.15) is 0 Å². The molecule has 17 heavy (non-hydrogen) atoms. The van der Waals surface area contributed by atoms with Gasteiger partial charge in [-0.1, -0.05) is 40.2 Å². The van der Waals surface area contributed by atoms with Crippen molar-refractivity contribution in [2.45, 2.75) is 12.3 Å². The third-order valence-corrected chi connectivity index (χ3v) is 3.22. The van der Waals surface area contributed by atoms with Gasteiger partial charge in [0.25, 0.3) is 0 Å². The summed E-state index contributed by atoms with van der Waals surface area (Å²) in [5, 5.41) is 3.03. The molecule has 0 atom stereocenters. The Morgan fingerprint density at radius 1 is 1.18 bits per heavy atom. The molecule has 0 radical (unpaired) electrons. The summed E-state index contributed by atoms with van der Waals surface area (Å²) < 4.78 is 4.98. The molecule has 3 heteroatoms. The zero-order chi connectivity index (χ0) is 12.3. The van der Waals surface area contributed by atoms with Crippen LogP contribution in [0.2, 0.25) is 0 Å². The van der Waals surface area contributed by atoms with Crippen LogP contribution >= 0.6 is 15.9 Å². The van der Waals surface area contributed by atoms with Crippen LogP contribution in [0.3, 0.4) is 0 Å². The standard InChI is InChI=1S/C14H13BrO2/c1-2-17-14(16)13-6-5-11-7-10(9-15)3-4-12(11)8-13/h3-8H,2,9H2,1H3. The average Bonchev–Trinajstić information content (AvgIpc) is 2.37. The van der Waals surface area contributed by atoms with E-state index in [0.29, 0.717) is 12.2 Å². The van der Waals surface area contributed by atoms with Crippen LogP contribution in [0.1, 0.15) is 22.8 Å². The van der Waals surface area contributed by atoms with E-state index >= 15 is 0 Å². The van der Waals surface area contributed by atoms with Gasteiger partial charge in [-0.2, -0.15) is 0 Å². The fourth-order valence-electron chi connectivity index (χ4n) is 1.72. The predicted octanol–water partition coefficient (Wildman–Crippen LogP) is 3.91. The maximum Gasteiger partial charge on any atom is 0.338 e. The van der Waals surface area contributed by atoms with E-state index in [4.69, 9.17) is 4.74 Å². The highest BCUT2D eigenvalue weighted by Crippen LogP contribution is 2.19. The van der Waals surface area contributed by atoms with Crippen molar-refractivity contribution < 1.29 is 9.53 Å². The van der Waals surface area contributed by atoms with Crippen molar-refractivity contribution in [2.75, 3.05) is 6.61 Å². The lowest BCUT2D eigenvalue weighted by Crippen LogP contribution is -2.04. The van der Waals surface area contributed by atoms with Crippen molar-refractivity contribution in [3.63, 3.8) is 0 Å². The summed E-state index contributed by atoms with van der Waals surface area (Å²) in [6.45, 7) is 2.21. The Kier molecular flexibility index (Phi) is 3.79. The molecule has 2 nitrogen and oxygen atoms in total. The summed E-state index contributed by atoms with van der Waals surface area (Å²) in [6.07, 6.45) is 0. The summed E-state index contributed by atoms with van der Waals surface area (Å²) in [4.78, 5) is 11.6. The highest BCUT2D eigenvalue weighted by atomic mass is 79.9. The van der Waals surface area contributed by atoms with Gasteiger partial charge in [0.2, 0.25) is 0 Å². The Labute approximate surface area is 109 Å². The molecule has 0 saturated carbocycles. The molecule has 0 saturated heterocycles. The van der Waals surface area contributed by atoms with Gasteiger partial charge in [0, 0.05) is 5.33 Å². The number of alkyl halides is 1. The number of carbonyl (C=O) groups is 1. The number of esters is 1. The fraction of sp³-hybridized carbons (Fsp3) is 0.214. The van der Waals surface area contributed by atoms with E-state index in [0.717, 1.165) is 16.1 Å². The van der Waals surface area contributed by atoms with Gasteiger partial charge >= 0.3 is 5.97 Å². The molecule has 0 fully saturated rings. The van der Waals surface area contributed by atoms with Gasteiger partial charge in [-0.15, -0.1) is 0 Å². The Morgan fingerprint density at radius 2 is 1.88 bits per heavy atom. The van der Waals surface area contributed by atoms with Crippen LogP contribution < -0.4 is 0 Å². The molecular weight excluding hydrogens is 280 g/mol. The first-order chi connectivity index (χ1) is 8.24. The smallest absolute Gasteiger partial charge is 0.338 e. The lowest BCUT2D eigenvalue weighted by molar-refractivity contribution is 0.0526. The van der Waals surface area contributed by atoms with Gasteiger partial charge in [-0.3, -0.25) is 0 Å². The number of ether oxygens (including phenoxy) is 1. The molecule has 0 aromatic heterocycles. The number of rotatable bonds is 3. The van der Waals surface area contributed by atoms with Gasteiger partial charge < -0.3 is 4.74 Å². The number of hydrogen-bond donors (Lipinski definition) is 0. The van der Waals surface area contributed by atoms with E-state index in [2.05, 4.69) is 22.0 Å². The van der Waals surface area contributed by atoms with Crippen molar-refractivity contribution in [3.05, 3.63) is 47.5 Å². The molecule has 88 valence electrons. The average molecular weight is 293 g/mol. The Hall–Kier alpha value is -1.35. The van der Waals surface area contributed by atoms with Crippen LogP contribution in [0.15, 0.2) is 36.4 Å². The van der Waals surface area contributed by atoms with Crippen LogP contribution in [0.25, 0.3) is 10.8 Å². The molecule has 0 bridgehead atoms. The van der Waals surface area contributed by atoms with Crippen molar-refractivity contribution in [1.29, 1.82) is 0 Å². The van der Waals surface area contributed by atoms with E-state index in [1.165, 1.54) is 5.56 Å². The van der Waals surface area contributed by atoms with Crippen LogP contribution in [-0.4, -0.2) is 12.6 Å². The maximum absolute atomic E-state index is 11.6. The number of benzene rings is 2. The summed E-state index contributed by atoms with van der Waals surface area (Å²) in [5.41, 5.74) is 1.83. The molecular formula is C14H13BrO2. The lowest BCUT2D eigenvalue weighted by Gasteiger charge is -2.04. The van der Waals surface area contributed by atoms with Crippen LogP contribution in [0.5, 0.6) is 0 Å². The summed E-state index contributed by atoms with van der Waals surface area (Å²) in [7, 11) is 0. The SMILES string of the molecule is CCOC(=O)c1ccc2cc(CBr)ccc2c1. The fourth-order valence-corrected chi connectivity index (χ4v) is 2.07. The lowest BCUT2D eigenvalue weighted by atomic mass is 10.0. The highest BCUT2D eigenvalue weighted by molar-refractivity contribution is 9.08. The molecule has 0 aliphatic rings. The van der Waals surface area contributed by atoms with Crippen LogP contribution in [0, 0.1) is 0 Å². The number of halogens is 1. The highest BCUT2D eigenvalue weighted by Gasteiger charge is 2.06. The number of hydrogen-bond acceptors (Lipinski definition) is 2. The zero-order valence-electron chi connectivity index (χ0n) is 9.57. The minimum Gasteiger partial charge on any atom is -0.462 e. The van der Waals surface area contributed by atoms with Gasteiger partial charge in [0.15, 0.2) is 0 Å². The van der Waals surface area contributed by atoms with Gasteiger partial charge in [-0.25, -0.2) is 4.79 Å². The molecule has 0 spiro atoms. The Bertz CT molecular complexity index is 549. The third kappa shape index (κ3) is 2.67. The van der Waals surface area contributed by atoms with E-state index < -0.39 is 0 Å². The first-order valence-electron chi connectivity index (χ1n) is 5.50.